The number of aromatic nitrogens is 1. The Morgan fingerprint density at radius 3 is 2.42 bits per heavy atom. The van der Waals surface area contributed by atoms with Gasteiger partial charge in [0.05, 0.1) is 18.7 Å². The molecule has 1 saturated heterocycles. The van der Waals surface area contributed by atoms with Crippen molar-refractivity contribution in [2.75, 3.05) is 26.2 Å². The lowest BCUT2D eigenvalue weighted by molar-refractivity contribution is -0.132. The largest absolute Gasteiger partial charge is 0.340 e. The van der Waals surface area contributed by atoms with Gasteiger partial charge >= 0.3 is 0 Å². The summed E-state index contributed by atoms with van der Waals surface area (Å²) in [7, 11) is 0. The monoisotopic (exact) mass is 451 g/mol. The average Bonchev–Trinajstić information content (AvgIpc) is 3.24. The van der Waals surface area contributed by atoms with Crippen molar-refractivity contribution in [1.82, 2.24) is 14.8 Å². The number of piperazine rings is 1. The number of amides is 1. The van der Waals surface area contributed by atoms with Crippen LogP contribution < -0.4 is 0 Å². The molecule has 0 saturated carbocycles. The highest BCUT2D eigenvalue weighted by Gasteiger charge is 2.22. The van der Waals surface area contributed by atoms with E-state index in [0.717, 1.165) is 54.6 Å². The molecule has 0 spiro atoms. The molecule has 2 aromatic carbocycles. The van der Waals surface area contributed by atoms with Gasteiger partial charge in [-0.1, -0.05) is 56.3 Å². The lowest BCUT2D eigenvalue weighted by Gasteiger charge is -2.34. The van der Waals surface area contributed by atoms with Crippen molar-refractivity contribution in [2.45, 2.75) is 37.0 Å². The van der Waals surface area contributed by atoms with Gasteiger partial charge in [0.15, 0.2) is 0 Å². The third-order valence-corrected chi connectivity index (χ3v) is 7.20. The summed E-state index contributed by atoms with van der Waals surface area (Å²) < 4.78 is 0. The molecule has 0 N–H and O–H groups in total. The molecule has 2 heterocycles. The van der Waals surface area contributed by atoms with E-state index in [2.05, 4.69) is 60.5 Å². The Morgan fingerprint density at radius 2 is 1.74 bits per heavy atom. The lowest BCUT2D eigenvalue weighted by Crippen LogP contribution is -2.48. The van der Waals surface area contributed by atoms with Crippen LogP contribution >= 0.6 is 23.1 Å². The SMILES string of the molecule is CC(C)Sc1ccc(CC(=O)N2CCN(Cc3nc(-c4ccccc4)cs3)CC2)cc1. The fourth-order valence-corrected chi connectivity index (χ4v) is 5.40. The van der Waals surface area contributed by atoms with E-state index in [-0.39, 0.29) is 5.91 Å². The fraction of sp³-hybridized carbons (Fsp3) is 0.360. The third-order valence-electron chi connectivity index (χ3n) is 5.36. The summed E-state index contributed by atoms with van der Waals surface area (Å²) in [5, 5.41) is 3.84. The van der Waals surface area contributed by atoms with Crippen molar-refractivity contribution >= 4 is 29.0 Å². The molecule has 162 valence electrons. The Balaban J connectivity index is 1.25. The first-order chi connectivity index (χ1) is 15.1. The molecule has 31 heavy (non-hydrogen) atoms. The van der Waals surface area contributed by atoms with Crippen LogP contribution in [0, 0.1) is 0 Å². The minimum absolute atomic E-state index is 0.226. The van der Waals surface area contributed by atoms with E-state index in [9.17, 15) is 4.79 Å². The van der Waals surface area contributed by atoms with Crippen LogP contribution in [0.2, 0.25) is 0 Å². The Hall–Kier alpha value is -2.15. The standard InChI is InChI=1S/C25H29N3OS2/c1-19(2)31-22-10-8-20(9-11-22)16-25(29)28-14-12-27(13-15-28)17-24-26-23(18-30-24)21-6-4-3-5-7-21/h3-11,18-19H,12-17H2,1-2H3. The number of thiazole rings is 1. The second-order valence-corrected chi connectivity index (χ2v) is 10.7. The molecule has 0 radical (unpaired) electrons. The van der Waals surface area contributed by atoms with Gasteiger partial charge in [-0.2, -0.15) is 0 Å². The van der Waals surface area contributed by atoms with Crippen molar-refractivity contribution < 1.29 is 4.79 Å². The summed E-state index contributed by atoms with van der Waals surface area (Å²) >= 11 is 3.57. The molecule has 1 aliphatic rings. The zero-order valence-corrected chi connectivity index (χ0v) is 19.8. The first-order valence-electron chi connectivity index (χ1n) is 10.8. The molecular formula is C25H29N3OS2. The maximum atomic E-state index is 12.7. The van der Waals surface area contributed by atoms with E-state index in [1.165, 1.54) is 4.90 Å². The Morgan fingerprint density at radius 1 is 1.03 bits per heavy atom. The third kappa shape index (κ3) is 6.19. The quantitative estimate of drug-likeness (QED) is 0.463. The van der Waals surface area contributed by atoms with Crippen LogP contribution in [0.4, 0.5) is 0 Å². The van der Waals surface area contributed by atoms with Gasteiger partial charge in [0.25, 0.3) is 0 Å². The predicted octanol–water partition coefficient (Wildman–Crippen LogP) is 5.20. The highest BCUT2D eigenvalue weighted by atomic mass is 32.2. The van der Waals surface area contributed by atoms with Crippen LogP contribution in [-0.4, -0.2) is 52.1 Å². The molecular weight excluding hydrogens is 422 g/mol. The van der Waals surface area contributed by atoms with E-state index >= 15 is 0 Å². The van der Waals surface area contributed by atoms with E-state index in [4.69, 9.17) is 4.98 Å². The Kier molecular flexibility index (Phi) is 7.43. The summed E-state index contributed by atoms with van der Waals surface area (Å²) in [5.41, 5.74) is 3.31. The molecule has 4 nitrogen and oxygen atoms in total. The maximum Gasteiger partial charge on any atom is 0.227 e. The zero-order chi connectivity index (χ0) is 21.6. The van der Waals surface area contributed by atoms with Gasteiger partial charge in [0.1, 0.15) is 5.01 Å². The van der Waals surface area contributed by atoms with Gasteiger partial charge in [-0.25, -0.2) is 4.98 Å². The minimum atomic E-state index is 0.226. The molecule has 0 unspecified atom stereocenters. The molecule has 1 aliphatic heterocycles. The summed E-state index contributed by atoms with van der Waals surface area (Å²) in [4.78, 5) is 23.2. The minimum Gasteiger partial charge on any atom is -0.340 e. The number of thioether (sulfide) groups is 1. The van der Waals surface area contributed by atoms with Crippen molar-refractivity contribution in [1.29, 1.82) is 0 Å². The second-order valence-electron chi connectivity index (χ2n) is 8.14. The number of nitrogens with zero attached hydrogens (tertiary/aromatic N) is 3. The summed E-state index contributed by atoms with van der Waals surface area (Å²) in [5.74, 6) is 0.226. The number of carbonyl (C=O) groups excluding carboxylic acids is 1. The van der Waals surface area contributed by atoms with Gasteiger partial charge in [-0.15, -0.1) is 23.1 Å². The Labute approximate surface area is 193 Å². The van der Waals surface area contributed by atoms with E-state index < -0.39 is 0 Å². The highest BCUT2D eigenvalue weighted by molar-refractivity contribution is 7.99. The van der Waals surface area contributed by atoms with Crippen LogP contribution in [0.25, 0.3) is 11.3 Å². The second kappa shape index (κ2) is 10.4. The number of carbonyl (C=O) groups is 1. The van der Waals surface area contributed by atoms with Crippen molar-refractivity contribution in [3.8, 4) is 11.3 Å². The lowest BCUT2D eigenvalue weighted by atomic mass is 10.1. The van der Waals surface area contributed by atoms with Gasteiger partial charge in [-0.3, -0.25) is 9.69 Å². The number of benzene rings is 2. The normalized spacial score (nSPS) is 14.9. The first-order valence-corrected chi connectivity index (χ1v) is 12.6. The highest BCUT2D eigenvalue weighted by Crippen LogP contribution is 2.24. The molecule has 3 aromatic rings. The van der Waals surface area contributed by atoms with Gasteiger partial charge in [-0.05, 0) is 17.7 Å². The van der Waals surface area contributed by atoms with Crippen LogP contribution in [-0.2, 0) is 17.8 Å². The van der Waals surface area contributed by atoms with Crippen molar-refractivity contribution in [2.24, 2.45) is 0 Å². The Bertz CT molecular complexity index is 978. The molecule has 1 amide bonds. The molecule has 0 aliphatic carbocycles. The van der Waals surface area contributed by atoms with Crippen LogP contribution in [0.15, 0.2) is 64.9 Å². The van der Waals surface area contributed by atoms with E-state index in [1.807, 2.05) is 34.9 Å². The maximum absolute atomic E-state index is 12.7. The van der Waals surface area contributed by atoms with Gasteiger partial charge in [0, 0.05) is 47.3 Å². The number of rotatable bonds is 7. The first kappa shape index (κ1) is 22.1. The smallest absolute Gasteiger partial charge is 0.227 e. The number of hydrogen-bond donors (Lipinski definition) is 0. The van der Waals surface area contributed by atoms with Crippen LogP contribution in [0.1, 0.15) is 24.4 Å². The topological polar surface area (TPSA) is 36.4 Å². The predicted molar refractivity (Wildman–Crippen MR) is 131 cm³/mol. The molecule has 1 aromatic heterocycles. The van der Waals surface area contributed by atoms with Crippen molar-refractivity contribution in [3.63, 3.8) is 0 Å². The van der Waals surface area contributed by atoms with Gasteiger partial charge in [0.2, 0.25) is 5.91 Å². The van der Waals surface area contributed by atoms with Gasteiger partial charge < -0.3 is 4.90 Å². The van der Waals surface area contributed by atoms with E-state index in [0.29, 0.717) is 11.7 Å². The fourth-order valence-electron chi connectivity index (χ4n) is 3.72. The zero-order valence-electron chi connectivity index (χ0n) is 18.2. The summed E-state index contributed by atoms with van der Waals surface area (Å²) in [6.07, 6.45) is 0.486. The molecule has 1 fully saturated rings. The molecule has 0 bridgehead atoms. The summed E-state index contributed by atoms with van der Waals surface area (Å²) in [6, 6.07) is 18.7. The summed E-state index contributed by atoms with van der Waals surface area (Å²) in [6.45, 7) is 8.62. The number of hydrogen-bond acceptors (Lipinski definition) is 5. The van der Waals surface area contributed by atoms with Crippen molar-refractivity contribution in [3.05, 3.63) is 70.5 Å². The van der Waals surface area contributed by atoms with Crippen LogP contribution in [0.5, 0.6) is 0 Å². The molecule has 4 rings (SSSR count). The van der Waals surface area contributed by atoms with Crippen LogP contribution in [0.3, 0.4) is 0 Å². The van der Waals surface area contributed by atoms with E-state index in [1.54, 1.807) is 11.3 Å². The molecule has 0 atom stereocenters. The average molecular weight is 452 g/mol. The molecule has 6 heteroatoms.